The van der Waals surface area contributed by atoms with Gasteiger partial charge >= 0.3 is 0 Å². The number of hydrogen-bond acceptors (Lipinski definition) is 2. The average molecular weight is 143 g/mol. The summed E-state index contributed by atoms with van der Waals surface area (Å²) >= 11 is 0. The summed E-state index contributed by atoms with van der Waals surface area (Å²) in [6.45, 7) is 0. The van der Waals surface area contributed by atoms with Crippen molar-refractivity contribution in [3.05, 3.63) is 0 Å². The first kappa shape index (κ1) is 8.02. The molecule has 1 aliphatic carbocycles. The van der Waals surface area contributed by atoms with E-state index in [1.165, 1.54) is 38.5 Å². The predicted molar refractivity (Wildman–Crippen MR) is 41.6 cm³/mol. The lowest BCUT2D eigenvalue weighted by molar-refractivity contribution is 0.0561. The van der Waals surface area contributed by atoms with Crippen LogP contribution < -0.4 is 5.48 Å². The molecular formula is C8H17NO. The van der Waals surface area contributed by atoms with Crippen molar-refractivity contribution < 1.29 is 4.84 Å². The number of rotatable bonds is 2. The van der Waals surface area contributed by atoms with Crippen LogP contribution in [0.5, 0.6) is 0 Å². The summed E-state index contributed by atoms with van der Waals surface area (Å²) < 4.78 is 0. The minimum atomic E-state index is 0.618. The fourth-order valence-electron chi connectivity index (χ4n) is 1.56. The second-order valence-corrected chi connectivity index (χ2v) is 3.01. The molecule has 0 aromatic rings. The van der Waals surface area contributed by atoms with Gasteiger partial charge in [0.1, 0.15) is 0 Å². The molecule has 0 bridgehead atoms. The Balaban J connectivity index is 2.15. The first-order valence-electron chi connectivity index (χ1n) is 4.22. The summed E-state index contributed by atoms with van der Waals surface area (Å²) in [6, 6.07) is 0.618. The van der Waals surface area contributed by atoms with E-state index in [-0.39, 0.29) is 0 Å². The smallest absolute Gasteiger partial charge is 0.0572 e. The van der Waals surface area contributed by atoms with Crippen LogP contribution in [0.3, 0.4) is 0 Å². The Morgan fingerprint density at radius 3 is 2.20 bits per heavy atom. The Morgan fingerprint density at radius 1 is 1.10 bits per heavy atom. The molecule has 0 amide bonds. The van der Waals surface area contributed by atoms with E-state index in [1.807, 2.05) is 0 Å². The lowest BCUT2D eigenvalue weighted by Crippen LogP contribution is -2.26. The van der Waals surface area contributed by atoms with Crippen LogP contribution >= 0.6 is 0 Å². The van der Waals surface area contributed by atoms with Crippen LogP contribution in [0.15, 0.2) is 0 Å². The molecule has 0 aromatic carbocycles. The van der Waals surface area contributed by atoms with Gasteiger partial charge < -0.3 is 4.84 Å². The highest BCUT2D eigenvalue weighted by atomic mass is 16.6. The number of hydroxylamine groups is 1. The average Bonchev–Trinajstić information content (AvgIpc) is 2.17. The third-order valence-electron chi connectivity index (χ3n) is 2.14. The Labute approximate surface area is 62.9 Å². The number of nitrogens with one attached hydrogen (secondary N) is 1. The van der Waals surface area contributed by atoms with Crippen molar-refractivity contribution in [2.24, 2.45) is 0 Å². The summed E-state index contributed by atoms with van der Waals surface area (Å²) in [5.74, 6) is 0. The van der Waals surface area contributed by atoms with Gasteiger partial charge in [-0.3, -0.25) is 0 Å². The molecule has 0 aliphatic heterocycles. The van der Waals surface area contributed by atoms with Crippen molar-refractivity contribution in [1.82, 2.24) is 5.48 Å². The van der Waals surface area contributed by atoms with E-state index in [0.29, 0.717) is 6.04 Å². The van der Waals surface area contributed by atoms with Gasteiger partial charge in [0.25, 0.3) is 0 Å². The van der Waals surface area contributed by atoms with Crippen LogP contribution in [0.4, 0.5) is 0 Å². The molecule has 0 aromatic heterocycles. The van der Waals surface area contributed by atoms with Crippen LogP contribution in [-0.4, -0.2) is 13.2 Å². The zero-order valence-electron chi connectivity index (χ0n) is 6.73. The van der Waals surface area contributed by atoms with Crippen molar-refractivity contribution in [3.63, 3.8) is 0 Å². The van der Waals surface area contributed by atoms with Crippen LogP contribution in [0.2, 0.25) is 0 Å². The van der Waals surface area contributed by atoms with Gasteiger partial charge in [0.05, 0.1) is 7.11 Å². The maximum absolute atomic E-state index is 4.89. The van der Waals surface area contributed by atoms with Gasteiger partial charge in [-0.2, -0.15) is 5.48 Å². The van der Waals surface area contributed by atoms with E-state index in [9.17, 15) is 0 Å². The van der Waals surface area contributed by atoms with Crippen LogP contribution in [0, 0.1) is 0 Å². The molecule has 0 spiro atoms. The van der Waals surface area contributed by atoms with Gasteiger partial charge in [-0.1, -0.05) is 25.7 Å². The Morgan fingerprint density at radius 2 is 1.70 bits per heavy atom. The van der Waals surface area contributed by atoms with E-state index < -0.39 is 0 Å². The van der Waals surface area contributed by atoms with Crippen molar-refractivity contribution >= 4 is 0 Å². The van der Waals surface area contributed by atoms with E-state index in [4.69, 9.17) is 4.84 Å². The summed E-state index contributed by atoms with van der Waals surface area (Å²) in [6.07, 6.45) is 8.10. The zero-order valence-corrected chi connectivity index (χ0v) is 6.73. The van der Waals surface area contributed by atoms with E-state index in [1.54, 1.807) is 7.11 Å². The largest absolute Gasteiger partial charge is 0.305 e. The first-order chi connectivity index (χ1) is 4.93. The van der Waals surface area contributed by atoms with E-state index in [2.05, 4.69) is 5.48 Å². The molecule has 1 N–H and O–H groups in total. The molecule has 10 heavy (non-hydrogen) atoms. The summed E-state index contributed by atoms with van der Waals surface area (Å²) in [5.41, 5.74) is 3.02. The zero-order chi connectivity index (χ0) is 7.23. The van der Waals surface area contributed by atoms with Gasteiger partial charge in [-0.25, -0.2) is 0 Å². The molecular weight excluding hydrogens is 126 g/mol. The molecule has 0 radical (unpaired) electrons. The molecule has 0 saturated heterocycles. The minimum absolute atomic E-state index is 0.618. The van der Waals surface area contributed by atoms with Gasteiger partial charge in [-0.05, 0) is 12.8 Å². The maximum atomic E-state index is 4.89. The molecule has 60 valence electrons. The lowest BCUT2D eigenvalue weighted by atomic mass is 10.1. The second kappa shape index (κ2) is 4.69. The molecule has 0 unspecified atom stereocenters. The quantitative estimate of drug-likeness (QED) is 0.470. The molecule has 2 nitrogen and oxygen atoms in total. The highest BCUT2D eigenvalue weighted by Crippen LogP contribution is 2.16. The highest BCUT2D eigenvalue weighted by Gasteiger charge is 2.10. The summed E-state index contributed by atoms with van der Waals surface area (Å²) in [5, 5.41) is 0. The molecule has 1 rings (SSSR count). The van der Waals surface area contributed by atoms with Crippen LogP contribution in [0.1, 0.15) is 38.5 Å². The maximum Gasteiger partial charge on any atom is 0.0572 e. The van der Waals surface area contributed by atoms with Crippen LogP contribution in [0.25, 0.3) is 0 Å². The Bertz CT molecular complexity index is 77.3. The molecule has 1 saturated carbocycles. The Hall–Kier alpha value is -0.0800. The molecule has 1 aliphatic rings. The van der Waals surface area contributed by atoms with Crippen molar-refractivity contribution in [2.75, 3.05) is 7.11 Å². The second-order valence-electron chi connectivity index (χ2n) is 3.01. The van der Waals surface area contributed by atoms with Gasteiger partial charge in [-0.15, -0.1) is 0 Å². The monoisotopic (exact) mass is 143 g/mol. The van der Waals surface area contributed by atoms with Crippen molar-refractivity contribution in [3.8, 4) is 0 Å². The summed E-state index contributed by atoms with van der Waals surface area (Å²) in [7, 11) is 1.70. The lowest BCUT2D eigenvalue weighted by Gasteiger charge is -2.12. The molecule has 2 heteroatoms. The molecule has 1 fully saturated rings. The van der Waals surface area contributed by atoms with E-state index >= 15 is 0 Å². The fraction of sp³-hybridized carbons (Fsp3) is 1.00. The topological polar surface area (TPSA) is 21.3 Å². The normalized spacial score (nSPS) is 22.5. The fourth-order valence-corrected chi connectivity index (χ4v) is 1.56. The third kappa shape index (κ3) is 2.67. The van der Waals surface area contributed by atoms with Gasteiger partial charge in [0, 0.05) is 6.04 Å². The van der Waals surface area contributed by atoms with E-state index in [0.717, 1.165) is 0 Å². The predicted octanol–water partition coefficient (Wildman–Crippen LogP) is 1.86. The number of hydrogen-bond donors (Lipinski definition) is 1. The molecule has 0 atom stereocenters. The Kier molecular flexibility index (Phi) is 3.76. The SMILES string of the molecule is CONC1CCCCCC1. The minimum Gasteiger partial charge on any atom is -0.305 e. The highest BCUT2D eigenvalue weighted by molar-refractivity contribution is 4.66. The summed E-state index contributed by atoms with van der Waals surface area (Å²) in [4.78, 5) is 4.89. The van der Waals surface area contributed by atoms with Gasteiger partial charge in [0.15, 0.2) is 0 Å². The standard InChI is InChI=1S/C8H17NO/c1-10-9-8-6-4-2-3-5-7-8/h8-9H,2-7H2,1H3. The molecule has 0 heterocycles. The van der Waals surface area contributed by atoms with Crippen molar-refractivity contribution in [1.29, 1.82) is 0 Å². The van der Waals surface area contributed by atoms with Crippen molar-refractivity contribution in [2.45, 2.75) is 44.6 Å². The van der Waals surface area contributed by atoms with Gasteiger partial charge in [0.2, 0.25) is 0 Å². The third-order valence-corrected chi connectivity index (χ3v) is 2.14. The first-order valence-corrected chi connectivity index (χ1v) is 4.22. The van der Waals surface area contributed by atoms with Crippen LogP contribution in [-0.2, 0) is 4.84 Å².